The van der Waals surface area contributed by atoms with Gasteiger partial charge < -0.3 is 5.32 Å². The van der Waals surface area contributed by atoms with Crippen LogP contribution < -0.4 is 5.32 Å². The number of hydrogen-bond acceptors (Lipinski definition) is 5. The molecule has 2 aromatic carbocycles. The monoisotopic (exact) mass is 365 g/mol. The van der Waals surface area contributed by atoms with Crippen LogP contribution in [0.3, 0.4) is 0 Å². The maximum atomic E-state index is 13.6. The summed E-state index contributed by atoms with van der Waals surface area (Å²) in [5.74, 6) is -1.61. The lowest BCUT2D eigenvalue weighted by Gasteiger charge is -2.03. The number of carbonyl (C=O) groups excluding carboxylic acids is 1. The van der Waals surface area contributed by atoms with E-state index < -0.39 is 21.6 Å². The molecule has 2 rings (SSSR count). The molecule has 0 saturated carbocycles. The van der Waals surface area contributed by atoms with Gasteiger partial charge in [-0.1, -0.05) is 17.7 Å². The summed E-state index contributed by atoms with van der Waals surface area (Å²) in [6.45, 7) is 0. The third-order valence-corrected chi connectivity index (χ3v) is 3.33. The van der Waals surface area contributed by atoms with Crippen molar-refractivity contribution in [1.82, 2.24) is 0 Å². The van der Waals surface area contributed by atoms with E-state index in [1.807, 2.05) is 0 Å². The number of anilines is 1. The normalized spacial score (nSPS) is 10.6. The number of nitrogens with zero attached hydrogens (tertiary/aromatic N) is 2. The molecule has 0 spiro atoms. The highest BCUT2D eigenvalue weighted by Gasteiger charge is 2.13. The molecular formula is C15H9ClFN3O5. The quantitative estimate of drug-likeness (QED) is 0.489. The second-order valence-corrected chi connectivity index (χ2v) is 5.12. The van der Waals surface area contributed by atoms with Gasteiger partial charge in [0.1, 0.15) is 10.8 Å². The van der Waals surface area contributed by atoms with E-state index in [1.54, 1.807) is 0 Å². The summed E-state index contributed by atoms with van der Waals surface area (Å²) in [5, 5.41) is 23.6. The minimum Gasteiger partial charge on any atom is -0.320 e. The van der Waals surface area contributed by atoms with Gasteiger partial charge in [0.2, 0.25) is 5.91 Å². The lowest BCUT2D eigenvalue weighted by molar-refractivity contribution is -0.384. The standard InChI is InChI=1S/C15H9ClFN3O5/c16-11-4-1-9(7-14(11)20(24)25)2-6-15(21)18-13-8-10(19(22)23)3-5-12(13)17/h1-8H,(H,18,21). The minimum absolute atomic E-state index is 0.0507. The summed E-state index contributed by atoms with van der Waals surface area (Å²) in [4.78, 5) is 31.9. The molecule has 0 saturated heterocycles. The Kier molecular flexibility index (Phi) is 5.40. The first-order valence-corrected chi connectivity index (χ1v) is 7.02. The van der Waals surface area contributed by atoms with Gasteiger partial charge in [-0.15, -0.1) is 0 Å². The lowest BCUT2D eigenvalue weighted by Crippen LogP contribution is -2.09. The fourth-order valence-corrected chi connectivity index (χ4v) is 2.03. The van der Waals surface area contributed by atoms with E-state index in [2.05, 4.69) is 5.32 Å². The maximum absolute atomic E-state index is 13.6. The fourth-order valence-electron chi connectivity index (χ4n) is 1.84. The molecule has 0 fully saturated rings. The van der Waals surface area contributed by atoms with Gasteiger partial charge in [0.15, 0.2) is 0 Å². The van der Waals surface area contributed by atoms with Crippen LogP contribution in [0.5, 0.6) is 0 Å². The Bertz CT molecular complexity index is 901. The van der Waals surface area contributed by atoms with E-state index in [-0.39, 0.29) is 22.1 Å². The number of non-ortho nitro benzene ring substituents is 1. The van der Waals surface area contributed by atoms with Gasteiger partial charge in [0.25, 0.3) is 11.4 Å². The van der Waals surface area contributed by atoms with Crippen molar-refractivity contribution < 1.29 is 19.0 Å². The molecule has 0 aliphatic carbocycles. The molecule has 0 atom stereocenters. The predicted octanol–water partition coefficient (Wildman–Crippen LogP) is 3.95. The van der Waals surface area contributed by atoms with Gasteiger partial charge in [-0.2, -0.15) is 0 Å². The highest BCUT2D eigenvalue weighted by Crippen LogP contribution is 2.25. The molecule has 25 heavy (non-hydrogen) atoms. The minimum atomic E-state index is -0.838. The third kappa shape index (κ3) is 4.58. The molecule has 8 nitrogen and oxygen atoms in total. The SMILES string of the molecule is O=C(C=Cc1ccc(Cl)c([N+](=O)[O-])c1)Nc1cc([N+](=O)[O-])ccc1F. The number of halogens is 2. The summed E-state index contributed by atoms with van der Waals surface area (Å²) in [6, 6.07) is 6.63. The largest absolute Gasteiger partial charge is 0.320 e. The number of benzene rings is 2. The molecule has 10 heteroatoms. The third-order valence-electron chi connectivity index (χ3n) is 3.01. The summed E-state index contributed by atoms with van der Waals surface area (Å²) in [6.07, 6.45) is 2.26. The van der Waals surface area contributed by atoms with E-state index in [1.165, 1.54) is 24.3 Å². The number of nitrogens with one attached hydrogen (secondary N) is 1. The Hall–Kier alpha value is -3.33. The number of nitro benzene ring substituents is 2. The number of carbonyl (C=O) groups is 1. The molecule has 0 bridgehead atoms. The van der Waals surface area contributed by atoms with E-state index in [9.17, 15) is 29.4 Å². The van der Waals surface area contributed by atoms with Crippen LogP contribution in [0.1, 0.15) is 5.56 Å². The molecule has 0 unspecified atom stereocenters. The molecule has 1 N–H and O–H groups in total. The predicted molar refractivity (Wildman–Crippen MR) is 88.8 cm³/mol. The van der Waals surface area contributed by atoms with Gasteiger partial charge in [-0.05, 0) is 23.8 Å². The number of hydrogen-bond donors (Lipinski definition) is 1. The van der Waals surface area contributed by atoms with E-state index >= 15 is 0 Å². The van der Waals surface area contributed by atoms with Crippen molar-refractivity contribution in [2.75, 3.05) is 5.32 Å². The molecular weight excluding hydrogens is 357 g/mol. The average molecular weight is 366 g/mol. The van der Waals surface area contributed by atoms with Gasteiger partial charge >= 0.3 is 0 Å². The van der Waals surface area contributed by atoms with Crippen LogP contribution in [0.4, 0.5) is 21.5 Å². The first-order chi connectivity index (χ1) is 11.8. The highest BCUT2D eigenvalue weighted by atomic mass is 35.5. The van der Waals surface area contributed by atoms with E-state index in [0.29, 0.717) is 5.56 Å². The van der Waals surface area contributed by atoms with Gasteiger partial charge in [0.05, 0.1) is 15.5 Å². The first-order valence-electron chi connectivity index (χ1n) is 6.65. The molecule has 0 heterocycles. The van der Waals surface area contributed by atoms with Crippen molar-refractivity contribution in [2.24, 2.45) is 0 Å². The average Bonchev–Trinajstić information content (AvgIpc) is 2.55. The molecule has 128 valence electrons. The lowest BCUT2D eigenvalue weighted by atomic mass is 10.2. The number of nitro groups is 2. The van der Waals surface area contributed by atoms with Crippen LogP contribution in [0.2, 0.25) is 5.02 Å². The summed E-state index contributed by atoms with van der Waals surface area (Å²) in [7, 11) is 0. The Morgan fingerprint density at radius 2 is 1.84 bits per heavy atom. The Morgan fingerprint density at radius 3 is 2.48 bits per heavy atom. The second-order valence-electron chi connectivity index (χ2n) is 4.71. The molecule has 0 aliphatic heterocycles. The Morgan fingerprint density at radius 1 is 1.12 bits per heavy atom. The van der Waals surface area contributed by atoms with Crippen LogP contribution in [-0.2, 0) is 4.79 Å². The fraction of sp³-hybridized carbons (Fsp3) is 0. The van der Waals surface area contributed by atoms with Crippen molar-refractivity contribution in [3.05, 3.63) is 79.1 Å². The smallest absolute Gasteiger partial charge is 0.288 e. The Labute approximate surface area is 144 Å². The zero-order valence-corrected chi connectivity index (χ0v) is 13.1. The van der Waals surface area contributed by atoms with Gasteiger partial charge in [-0.25, -0.2) is 4.39 Å². The zero-order chi connectivity index (χ0) is 18.6. The maximum Gasteiger partial charge on any atom is 0.288 e. The van der Waals surface area contributed by atoms with Crippen molar-refractivity contribution in [2.45, 2.75) is 0 Å². The van der Waals surface area contributed by atoms with E-state index in [0.717, 1.165) is 24.3 Å². The molecule has 0 radical (unpaired) electrons. The highest BCUT2D eigenvalue weighted by molar-refractivity contribution is 6.32. The molecule has 0 aliphatic rings. The van der Waals surface area contributed by atoms with Crippen LogP contribution in [0.15, 0.2) is 42.5 Å². The molecule has 2 aromatic rings. The van der Waals surface area contributed by atoms with Crippen molar-refractivity contribution in [1.29, 1.82) is 0 Å². The zero-order valence-electron chi connectivity index (χ0n) is 12.3. The van der Waals surface area contributed by atoms with Crippen molar-refractivity contribution >= 4 is 40.6 Å². The van der Waals surface area contributed by atoms with Crippen molar-refractivity contribution in [3.63, 3.8) is 0 Å². The second kappa shape index (κ2) is 7.49. The van der Waals surface area contributed by atoms with E-state index in [4.69, 9.17) is 11.6 Å². The number of amides is 1. The van der Waals surface area contributed by atoms with Crippen molar-refractivity contribution in [3.8, 4) is 0 Å². The number of rotatable bonds is 5. The van der Waals surface area contributed by atoms with Gasteiger partial charge in [0, 0.05) is 24.3 Å². The van der Waals surface area contributed by atoms with Crippen LogP contribution in [0, 0.1) is 26.0 Å². The van der Waals surface area contributed by atoms with Crippen LogP contribution >= 0.6 is 11.6 Å². The van der Waals surface area contributed by atoms with Crippen LogP contribution in [-0.4, -0.2) is 15.8 Å². The summed E-state index contributed by atoms with van der Waals surface area (Å²) < 4.78 is 13.6. The summed E-state index contributed by atoms with van der Waals surface area (Å²) >= 11 is 5.68. The first kappa shape index (κ1) is 18.0. The Balaban J connectivity index is 2.16. The van der Waals surface area contributed by atoms with Crippen LogP contribution in [0.25, 0.3) is 6.08 Å². The molecule has 1 amide bonds. The topological polar surface area (TPSA) is 115 Å². The summed E-state index contributed by atoms with van der Waals surface area (Å²) in [5.41, 5.74) is -0.736. The van der Waals surface area contributed by atoms with Gasteiger partial charge in [-0.3, -0.25) is 25.0 Å². The molecule has 0 aromatic heterocycles.